The van der Waals surface area contributed by atoms with E-state index in [1.807, 2.05) is 0 Å². The molecule has 0 saturated carbocycles. The van der Waals surface area contributed by atoms with E-state index in [0.29, 0.717) is 6.54 Å². The first-order chi connectivity index (χ1) is 16.2. The molecule has 2 N–H and O–H groups in total. The Labute approximate surface area is 199 Å². The molecule has 10 heteroatoms. The van der Waals surface area contributed by atoms with Crippen LogP contribution >= 0.6 is 0 Å². The Hall–Kier alpha value is -3.27. The Bertz CT molecular complexity index is 1030. The lowest BCUT2D eigenvalue weighted by Crippen LogP contribution is -2.62. The lowest BCUT2D eigenvalue weighted by molar-refractivity contribution is -0.132. The second-order valence-corrected chi connectivity index (χ2v) is 8.66. The van der Waals surface area contributed by atoms with Crippen LogP contribution in [0.1, 0.15) is 53.7 Å². The molecule has 2 aromatic rings. The zero-order valence-electron chi connectivity index (χ0n) is 20.2. The van der Waals surface area contributed by atoms with E-state index < -0.39 is 11.4 Å². The Morgan fingerprint density at radius 1 is 1.18 bits per heavy atom. The zero-order chi connectivity index (χ0) is 24.9. The molecule has 0 spiro atoms. The molecule has 2 heterocycles. The number of benzene rings is 1. The minimum Gasteiger partial charge on any atom is -0.351 e. The van der Waals surface area contributed by atoms with Gasteiger partial charge in [0.1, 0.15) is 17.1 Å². The molecule has 34 heavy (non-hydrogen) atoms. The summed E-state index contributed by atoms with van der Waals surface area (Å²) in [6.45, 7) is 9.48. The summed E-state index contributed by atoms with van der Waals surface area (Å²) < 4.78 is 14.5. The maximum Gasteiger partial charge on any atom is 0.272 e. The van der Waals surface area contributed by atoms with Crippen molar-refractivity contribution >= 4 is 17.7 Å². The average molecular weight is 473 g/mol. The quantitative estimate of drug-likeness (QED) is 0.512. The minimum atomic E-state index is -1.20. The van der Waals surface area contributed by atoms with E-state index in [1.54, 1.807) is 26.1 Å². The first-order valence-electron chi connectivity index (χ1n) is 11.6. The summed E-state index contributed by atoms with van der Waals surface area (Å²) >= 11 is 0. The van der Waals surface area contributed by atoms with E-state index in [9.17, 15) is 18.8 Å². The second kappa shape index (κ2) is 10.8. The Morgan fingerprint density at radius 3 is 2.50 bits per heavy atom. The molecule has 0 bridgehead atoms. The summed E-state index contributed by atoms with van der Waals surface area (Å²) in [7, 11) is 1.56. The second-order valence-electron chi connectivity index (χ2n) is 8.66. The number of hydrogen-bond acceptors (Lipinski definition) is 5. The van der Waals surface area contributed by atoms with Gasteiger partial charge in [0.25, 0.3) is 11.8 Å². The zero-order valence-corrected chi connectivity index (χ0v) is 20.2. The molecule has 0 saturated heterocycles. The van der Waals surface area contributed by atoms with Crippen LogP contribution in [-0.4, -0.2) is 76.1 Å². The third-order valence-electron chi connectivity index (χ3n) is 6.42. The van der Waals surface area contributed by atoms with Crippen molar-refractivity contribution in [3.63, 3.8) is 0 Å². The summed E-state index contributed by atoms with van der Waals surface area (Å²) in [5, 5.41) is 9.98. The first kappa shape index (κ1) is 25.4. The third kappa shape index (κ3) is 5.44. The number of hydrogen-bond donors (Lipinski definition) is 2. The van der Waals surface area contributed by atoms with Crippen LogP contribution < -0.4 is 10.6 Å². The van der Waals surface area contributed by atoms with Crippen LogP contribution in [0.2, 0.25) is 0 Å². The molecule has 3 amide bonds. The molecular formula is C24H33FN6O3. The van der Waals surface area contributed by atoms with Crippen molar-refractivity contribution in [2.24, 2.45) is 0 Å². The van der Waals surface area contributed by atoms with Crippen molar-refractivity contribution in [3.8, 4) is 0 Å². The SMILES string of the molecule is CCN(CC)CCCNC(=O)c1cc2n(n1)CC(C)(C(=O)NCc1ccc(F)cc1)N(C)C2=O. The lowest BCUT2D eigenvalue weighted by atomic mass is 9.96. The molecule has 1 atom stereocenters. The molecule has 1 aromatic carbocycles. The van der Waals surface area contributed by atoms with Gasteiger partial charge in [0.15, 0.2) is 5.69 Å². The van der Waals surface area contributed by atoms with Gasteiger partial charge in [-0.15, -0.1) is 0 Å². The van der Waals surface area contributed by atoms with Crippen molar-refractivity contribution < 1.29 is 18.8 Å². The summed E-state index contributed by atoms with van der Waals surface area (Å²) in [6.07, 6.45) is 0.814. The molecule has 1 aliphatic rings. The maximum absolute atomic E-state index is 13.1. The Balaban J connectivity index is 1.64. The van der Waals surface area contributed by atoms with Gasteiger partial charge in [-0.3, -0.25) is 19.1 Å². The van der Waals surface area contributed by atoms with Crippen LogP contribution in [-0.2, 0) is 17.9 Å². The van der Waals surface area contributed by atoms with E-state index in [1.165, 1.54) is 27.8 Å². The van der Waals surface area contributed by atoms with Crippen molar-refractivity contribution in [1.82, 2.24) is 30.2 Å². The Kier molecular flexibility index (Phi) is 8.03. The smallest absolute Gasteiger partial charge is 0.272 e. The number of nitrogens with zero attached hydrogens (tertiary/aromatic N) is 4. The summed E-state index contributed by atoms with van der Waals surface area (Å²) in [5.74, 6) is -1.45. The molecule has 1 unspecified atom stereocenters. The normalized spacial score (nSPS) is 17.6. The number of nitrogens with one attached hydrogen (secondary N) is 2. The summed E-state index contributed by atoms with van der Waals surface area (Å²) in [5.41, 5.74) is -0.0498. The van der Waals surface area contributed by atoms with E-state index in [0.717, 1.165) is 31.6 Å². The number of halogens is 1. The fraction of sp³-hybridized carbons (Fsp3) is 0.500. The predicted molar refractivity (Wildman–Crippen MR) is 126 cm³/mol. The monoisotopic (exact) mass is 472 g/mol. The molecule has 1 aliphatic heterocycles. The highest BCUT2D eigenvalue weighted by Crippen LogP contribution is 2.26. The highest BCUT2D eigenvalue weighted by atomic mass is 19.1. The van der Waals surface area contributed by atoms with Gasteiger partial charge in [0, 0.05) is 26.2 Å². The summed E-state index contributed by atoms with van der Waals surface area (Å²) in [6, 6.07) is 7.30. The Morgan fingerprint density at radius 2 is 1.85 bits per heavy atom. The lowest BCUT2D eigenvalue weighted by Gasteiger charge is -2.40. The molecular weight excluding hydrogens is 439 g/mol. The number of amides is 3. The fourth-order valence-electron chi connectivity index (χ4n) is 3.95. The number of carbonyl (C=O) groups is 3. The van der Waals surface area contributed by atoms with Gasteiger partial charge in [-0.2, -0.15) is 5.10 Å². The number of aromatic nitrogens is 2. The largest absolute Gasteiger partial charge is 0.351 e. The van der Waals surface area contributed by atoms with Gasteiger partial charge < -0.3 is 20.4 Å². The van der Waals surface area contributed by atoms with Gasteiger partial charge in [0.05, 0.1) is 6.54 Å². The van der Waals surface area contributed by atoms with E-state index in [4.69, 9.17) is 0 Å². The topological polar surface area (TPSA) is 99.6 Å². The number of carbonyl (C=O) groups excluding carboxylic acids is 3. The van der Waals surface area contributed by atoms with Crippen LogP contribution in [0.25, 0.3) is 0 Å². The molecule has 1 aromatic heterocycles. The van der Waals surface area contributed by atoms with Gasteiger partial charge in [-0.1, -0.05) is 26.0 Å². The van der Waals surface area contributed by atoms with Crippen LogP contribution in [0.15, 0.2) is 30.3 Å². The van der Waals surface area contributed by atoms with E-state index in [2.05, 4.69) is 34.5 Å². The maximum atomic E-state index is 13.1. The van der Waals surface area contributed by atoms with Crippen LogP contribution in [0.5, 0.6) is 0 Å². The van der Waals surface area contributed by atoms with Gasteiger partial charge in [0.2, 0.25) is 5.91 Å². The van der Waals surface area contributed by atoms with Gasteiger partial charge in [-0.05, 0) is 50.7 Å². The molecule has 0 fully saturated rings. The van der Waals surface area contributed by atoms with Gasteiger partial charge >= 0.3 is 0 Å². The first-order valence-corrected chi connectivity index (χ1v) is 11.6. The standard InChI is InChI=1S/C24H33FN6O3/c1-5-30(6-2)13-7-12-26-21(32)19-14-20-22(33)29(4)24(3,16-31(20)28-19)23(34)27-15-17-8-10-18(25)11-9-17/h8-11,14H,5-7,12-13,15-16H2,1-4H3,(H,26,32)(H,27,34). The predicted octanol–water partition coefficient (Wildman–Crippen LogP) is 1.64. The third-order valence-corrected chi connectivity index (χ3v) is 6.42. The van der Waals surface area contributed by atoms with Crippen molar-refractivity contribution in [1.29, 1.82) is 0 Å². The van der Waals surface area contributed by atoms with Gasteiger partial charge in [-0.25, -0.2) is 4.39 Å². The molecule has 0 aliphatic carbocycles. The number of fused-ring (bicyclic) bond motifs is 1. The van der Waals surface area contributed by atoms with Crippen LogP contribution in [0.4, 0.5) is 4.39 Å². The number of rotatable bonds is 10. The minimum absolute atomic E-state index is 0.106. The molecule has 184 valence electrons. The fourth-order valence-corrected chi connectivity index (χ4v) is 3.95. The molecule has 3 rings (SSSR count). The van der Waals surface area contributed by atoms with E-state index >= 15 is 0 Å². The van der Waals surface area contributed by atoms with Crippen molar-refractivity contribution in [2.75, 3.05) is 33.2 Å². The van der Waals surface area contributed by atoms with E-state index in [-0.39, 0.29) is 42.1 Å². The van der Waals surface area contributed by atoms with Crippen molar-refractivity contribution in [2.45, 2.75) is 45.8 Å². The summed E-state index contributed by atoms with van der Waals surface area (Å²) in [4.78, 5) is 42.3. The van der Waals surface area contributed by atoms with Crippen molar-refractivity contribution in [3.05, 3.63) is 53.1 Å². The van der Waals surface area contributed by atoms with Crippen LogP contribution in [0, 0.1) is 5.82 Å². The molecule has 9 nitrogen and oxygen atoms in total. The highest BCUT2D eigenvalue weighted by molar-refractivity contribution is 6.01. The average Bonchev–Trinajstić information content (AvgIpc) is 3.26. The number of likely N-dealkylation sites (N-methyl/N-ethyl adjacent to an activating group) is 1. The molecule has 0 radical (unpaired) electrons. The highest BCUT2D eigenvalue weighted by Gasteiger charge is 2.46. The van der Waals surface area contributed by atoms with Crippen LogP contribution in [0.3, 0.4) is 0 Å².